The number of H-pyrrole nitrogens is 2. The quantitative estimate of drug-likeness (QED) is 0.714. The molecule has 0 saturated heterocycles. The Bertz CT molecular complexity index is 684. The fourth-order valence-electron chi connectivity index (χ4n) is 1.62. The Morgan fingerprint density at radius 2 is 1.94 bits per heavy atom. The molecule has 1 heterocycles. The maximum absolute atomic E-state index is 11.0. The van der Waals surface area contributed by atoms with E-state index in [2.05, 4.69) is 14.7 Å². The lowest BCUT2D eigenvalue weighted by Gasteiger charge is -2.02. The van der Waals surface area contributed by atoms with Crippen LogP contribution in [0.3, 0.4) is 0 Å². The van der Waals surface area contributed by atoms with Crippen LogP contribution in [0.25, 0.3) is 11.0 Å². The van der Waals surface area contributed by atoms with Gasteiger partial charge in [-0.25, -0.2) is 17.9 Å². The highest BCUT2D eigenvalue weighted by atomic mass is 32.2. The van der Waals surface area contributed by atoms with E-state index in [-0.39, 0.29) is 5.69 Å². The molecule has 3 N–H and O–H groups in total. The van der Waals surface area contributed by atoms with E-state index >= 15 is 0 Å². The second-order valence-corrected chi connectivity index (χ2v) is 5.71. The third-order valence-corrected chi connectivity index (χ3v) is 3.09. The van der Waals surface area contributed by atoms with Crippen LogP contribution in [-0.4, -0.2) is 31.2 Å². The van der Waals surface area contributed by atoms with Gasteiger partial charge in [0.05, 0.1) is 17.3 Å². The van der Waals surface area contributed by atoms with Crippen molar-refractivity contribution in [2.75, 3.05) is 12.8 Å². The van der Waals surface area contributed by atoms with E-state index in [4.69, 9.17) is 0 Å². The molecule has 0 aliphatic heterocycles. The van der Waals surface area contributed by atoms with Gasteiger partial charge in [-0.3, -0.25) is 0 Å². The zero-order valence-corrected chi connectivity index (χ0v) is 10.1. The van der Waals surface area contributed by atoms with Gasteiger partial charge in [0.2, 0.25) is 10.0 Å². The monoisotopic (exact) mass is 255 g/mol. The first-order valence-electron chi connectivity index (χ1n) is 5.09. The van der Waals surface area contributed by atoms with E-state index in [0.29, 0.717) is 13.0 Å². The molecule has 0 unspecified atom stereocenters. The Morgan fingerprint density at radius 3 is 2.65 bits per heavy atom. The standard InChI is InChI=1S/C10H13N3O3S/c1-17(15,16)11-5-4-7-2-3-8-9(6-7)13-10(14)12-8/h2-3,6,11H,4-5H2,1H3,(H2,12,13,14). The molecule has 1 aromatic carbocycles. The van der Waals surface area contributed by atoms with E-state index in [1.165, 1.54) is 0 Å². The molecule has 2 rings (SSSR count). The molecule has 2 aromatic rings. The molecular formula is C10H13N3O3S. The lowest BCUT2D eigenvalue weighted by atomic mass is 10.1. The normalized spacial score (nSPS) is 12.1. The first-order chi connectivity index (χ1) is 7.94. The third-order valence-electron chi connectivity index (χ3n) is 2.36. The van der Waals surface area contributed by atoms with Crippen LogP contribution in [0.2, 0.25) is 0 Å². The van der Waals surface area contributed by atoms with E-state index in [0.717, 1.165) is 22.9 Å². The summed E-state index contributed by atoms with van der Waals surface area (Å²) in [6.07, 6.45) is 1.70. The van der Waals surface area contributed by atoms with Gasteiger partial charge in [0.1, 0.15) is 0 Å². The highest BCUT2D eigenvalue weighted by Gasteiger charge is 2.02. The molecule has 0 saturated carbocycles. The maximum Gasteiger partial charge on any atom is 0.323 e. The van der Waals surface area contributed by atoms with Crippen LogP contribution in [0.1, 0.15) is 5.56 Å². The fraction of sp³-hybridized carbons (Fsp3) is 0.300. The van der Waals surface area contributed by atoms with Gasteiger partial charge in [-0.05, 0) is 24.1 Å². The summed E-state index contributed by atoms with van der Waals surface area (Å²) in [6.45, 7) is 0.346. The van der Waals surface area contributed by atoms with Gasteiger partial charge in [0.25, 0.3) is 0 Å². The molecule has 17 heavy (non-hydrogen) atoms. The van der Waals surface area contributed by atoms with Crippen molar-refractivity contribution in [2.45, 2.75) is 6.42 Å². The van der Waals surface area contributed by atoms with Crippen molar-refractivity contribution in [3.05, 3.63) is 34.2 Å². The van der Waals surface area contributed by atoms with Crippen LogP contribution >= 0.6 is 0 Å². The topological polar surface area (TPSA) is 94.8 Å². The zero-order valence-electron chi connectivity index (χ0n) is 9.28. The van der Waals surface area contributed by atoms with Crippen molar-refractivity contribution in [3.8, 4) is 0 Å². The molecule has 7 heteroatoms. The summed E-state index contributed by atoms with van der Waals surface area (Å²) in [5.74, 6) is 0. The predicted octanol–water partition coefficient (Wildman–Crippen LogP) is -0.0521. The van der Waals surface area contributed by atoms with E-state index in [1.807, 2.05) is 12.1 Å². The molecular weight excluding hydrogens is 242 g/mol. The number of benzene rings is 1. The number of nitrogens with one attached hydrogen (secondary N) is 3. The third kappa shape index (κ3) is 3.18. The summed E-state index contributed by atoms with van der Waals surface area (Å²) in [4.78, 5) is 16.3. The first-order valence-corrected chi connectivity index (χ1v) is 6.99. The molecule has 0 fully saturated rings. The highest BCUT2D eigenvalue weighted by Crippen LogP contribution is 2.10. The first kappa shape index (κ1) is 11.9. The summed E-state index contributed by atoms with van der Waals surface area (Å²) >= 11 is 0. The van der Waals surface area contributed by atoms with Gasteiger partial charge in [-0.2, -0.15) is 0 Å². The molecule has 0 amide bonds. The molecule has 0 spiro atoms. The number of hydrogen-bond acceptors (Lipinski definition) is 3. The molecule has 0 radical (unpaired) electrons. The van der Waals surface area contributed by atoms with E-state index in [9.17, 15) is 13.2 Å². The van der Waals surface area contributed by atoms with Crippen molar-refractivity contribution < 1.29 is 8.42 Å². The minimum absolute atomic E-state index is 0.244. The van der Waals surface area contributed by atoms with Gasteiger partial charge < -0.3 is 9.97 Å². The number of imidazole rings is 1. The summed E-state index contributed by atoms with van der Waals surface area (Å²) < 4.78 is 24.2. The Labute approximate surface area is 98.1 Å². The minimum Gasteiger partial charge on any atom is -0.306 e. The number of aromatic nitrogens is 2. The van der Waals surface area contributed by atoms with Crippen molar-refractivity contribution in [2.24, 2.45) is 0 Å². The van der Waals surface area contributed by atoms with Crippen LogP contribution < -0.4 is 10.4 Å². The van der Waals surface area contributed by atoms with Crippen molar-refractivity contribution >= 4 is 21.1 Å². The lowest BCUT2D eigenvalue weighted by Crippen LogP contribution is -2.24. The minimum atomic E-state index is -3.15. The molecule has 0 atom stereocenters. The largest absolute Gasteiger partial charge is 0.323 e. The zero-order chi connectivity index (χ0) is 12.5. The molecule has 0 bridgehead atoms. The Morgan fingerprint density at radius 1 is 1.24 bits per heavy atom. The van der Waals surface area contributed by atoms with Gasteiger partial charge in [0, 0.05) is 6.54 Å². The summed E-state index contributed by atoms with van der Waals surface area (Å²) in [7, 11) is -3.15. The number of hydrogen-bond donors (Lipinski definition) is 3. The summed E-state index contributed by atoms with van der Waals surface area (Å²) in [5, 5.41) is 0. The molecule has 0 aliphatic rings. The smallest absolute Gasteiger partial charge is 0.306 e. The average molecular weight is 255 g/mol. The van der Waals surface area contributed by atoms with Crippen molar-refractivity contribution in [1.29, 1.82) is 0 Å². The van der Waals surface area contributed by atoms with E-state index in [1.54, 1.807) is 6.07 Å². The van der Waals surface area contributed by atoms with Gasteiger partial charge in [0.15, 0.2) is 0 Å². The highest BCUT2D eigenvalue weighted by molar-refractivity contribution is 7.88. The number of sulfonamides is 1. The SMILES string of the molecule is CS(=O)(=O)NCCc1ccc2[nH]c(=O)[nH]c2c1. The van der Waals surface area contributed by atoms with E-state index < -0.39 is 10.0 Å². The molecule has 92 valence electrons. The molecule has 6 nitrogen and oxygen atoms in total. The second-order valence-electron chi connectivity index (χ2n) is 3.88. The fourth-order valence-corrected chi connectivity index (χ4v) is 2.09. The predicted molar refractivity (Wildman–Crippen MR) is 65.5 cm³/mol. The van der Waals surface area contributed by atoms with Crippen LogP contribution in [-0.2, 0) is 16.4 Å². The Hall–Kier alpha value is -1.60. The number of fused-ring (bicyclic) bond motifs is 1. The summed E-state index contributed by atoms with van der Waals surface area (Å²) in [6, 6.07) is 5.48. The number of rotatable bonds is 4. The van der Waals surface area contributed by atoms with Gasteiger partial charge in [-0.15, -0.1) is 0 Å². The van der Waals surface area contributed by atoms with Crippen LogP contribution in [0.5, 0.6) is 0 Å². The molecule has 1 aromatic heterocycles. The Kier molecular flexibility index (Phi) is 3.03. The van der Waals surface area contributed by atoms with Crippen LogP contribution in [0.15, 0.2) is 23.0 Å². The lowest BCUT2D eigenvalue weighted by molar-refractivity contribution is 0.588. The average Bonchev–Trinajstić information content (AvgIpc) is 2.55. The number of aromatic amines is 2. The van der Waals surface area contributed by atoms with Crippen LogP contribution in [0.4, 0.5) is 0 Å². The van der Waals surface area contributed by atoms with Crippen molar-refractivity contribution in [3.63, 3.8) is 0 Å². The molecule has 0 aliphatic carbocycles. The summed E-state index contributed by atoms with van der Waals surface area (Å²) in [5.41, 5.74) is 2.19. The van der Waals surface area contributed by atoms with Gasteiger partial charge >= 0.3 is 5.69 Å². The Balaban J connectivity index is 2.11. The maximum atomic E-state index is 11.0. The van der Waals surface area contributed by atoms with Gasteiger partial charge in [-0.1, -0.05) is 6.07 Å². The second kappa shape index (κ2) is 4.34. The van der Waals surface area contributed by atoms with Crippen molar-refractivity contribution in [1.82, 2.24) is 14.7 Å². The van der Waals surface area contributed by atoms with Crippen LogP contribution in [0, 0.1) is 0 Å².